The molecule has 0 saturated carbocycles. The fraction of sp³-hybridized carbons (Fsp3) is 0.938. The number of carbonyl (C=O) groups is 1. The molecule has 0 atom stereocenters. The van der Waals surface area contributed by atoms with Gasteiger partial charge >= 0.3 is 0 Å². The standard InChI is InChI=1S/C16H33N2O.HI/c1-4-5-6-7-8-9-10-11-16(19)17-12-14-18(2,3)15-13-17;/h4-15H2,1-3H3;1H/q+1;/p-1. The molecule has 1 aliphatic heterocycles. The summed E-state index contributed by atoms with van der Waals surface area (Å²) in [5, 5.41) is 0. The van der Waals surface area contributed by atoms with Gasteiger partial charge in [-0.1, -0.05) is 45.4 Å². The van der Waals surface area contributed by atoms with Crippen LogP contribution in [0.15, 0.2) is 0 Å². The first-order valence-electron chi connectivity index (χ1n) is 8.15. The molecule has 1 fully saturated rings. The Morgan fingerprint density at radius 2 is 1.45 bits per heavy atom. The number of likely N-dealkylation sites (N-methyl/N-ethyl adjacent to an activating group) is 1. The summed E-state index contributed by atoms with van der Waals surface area (Å²) in [6, 6.07) is 0. The fourth-order valence-electron chi connectivity index (χ4n) is 2.65. The molecule has 1 rings (SSSR count). The number of rotatable bonds is 8. The van der Waals surface area contributed by atoms with E-state index in [1.54, 1.807) is 0 Å². The van der Waals surface area contributed by atoms with E-state index in [-0.39, 0.29) is 24.0 Å². The molecule has 20 heavy (non-hydrogen) atoms. The smallest absolute Gasteiger partial charge is 0.222 e. The third-order valence-corrected chi connectivity index (χ3v) is 4.30. The van der Waals surface area contributed by atoms with E-state index in [9.17, 15) is 4.79 Å². The average Bonchev–Trinajstić information content (AvgIpc) is 2.37. The van der Waals surface area contributed by atoms with Crippen LogP contribution in [0.5, 0.6) is 0 Å². The van der Waals surface area contributed by atoms with E-state index in [1.165, 1.54) is 38.5 Å². The minimum absolute atomic E-state index is 0. The van der Waals surface area contributed by atoms with E-state index in [4.69, 9.17) is 0 Å². The zero-order chi connectivity index (χ0) is 14.1. The third kappa shape index (κ3) is 8.45. The largest absolute Gasteiger partial charge is 1.00 e. The van der Waals surface area contributed by atoms with E-state index < -0.39 is 0 Å². The summed E-state index contributed by atoms with van der Waals surface area (Å²) in [6.45, 7) is 6.34. The van der Waals surface area contributed by atoms with Crippen LogP contribution in [0.4, 0.5) is 0 Å². The maximum absolute atomic E-state index is 12.1. The second-order valence-corrected chi connectivity index (χ2v) is 6.64. The van der Waals surface area contributed by atoms with Gasteiger partial charge in [-0.05, 0) is 6.42 Å². The predicted molar refractivity (Wildman–Crippen MR) is 81.0 cm³/mol. The molecule has 0 aromatic carbocycles. The summed E-state index contributed by atoms with van der Waals surface area (Å²) < 4.78 is 1.06. The maximum Gasteiger partial charge on any atom is 0.222 e. The highest BCUT2D eigenvalue weighted by Crippen LogP contribution is 2.12. The highest BCUT2D eigenvalue weighted by atomic mass is 127. The summed E-state index contributed by atoms with van der Waals surface area (Å²) in [5.74, 6) is 0.383. The van der Waals surface area contributed by atoms with Crippen molar-refractivity contribution in [1.29, 1.82) is 0 Å². The molecular formula is C16H33IN2O. The normalized spacial score (nSPS) is 17.6. The molecule has 0 radical (unpaired) electrons. The van der Waals surface area contributed by atoms with Crippen molar-refractivity contribution in [3.8, 4) is 0 Å². The lowest BCUT2D eigenvalue weighted by atomic mass is 10.1. The van der Waals surface area contributed by atoms with Gasteiger partial charge in [0.15, 0.2) is 0 Å². The first-order valence-corrected chi connectivity index (χ1v) is 8.15. The second kappa shape index (κ2) is 10.8. The molecule has 4 heteroatoms. The van der Waals surface area contributed by atoms with Crippen molar-refractivity contribution in [2.24, 2.45) is 0 Å². The predicted octanol–water partition coefficient (Wildman–Crippen LogP) is 0.0497. The van der Waals surface area contributed by atoms with Gasteiger partial charge in [-0.3, -0.25) is 4.79 Å². The molecule has 3 nitrogen and oxygen atoms in total. The number of amides is 1. The molecule has 0 unspecified atom stereocenters. The van der Waals surface area contributed by atoms with Crippen LogP contribution in [0.2, 0.25) is 0 Å². The number of quaternary nitrogens is 1. The van der Waals surface area contributed by atoms with Crippen molar-refractivity contribution in [1.82, 2.24) is 4.90 Å². The number of piperazine rings is 1. The molecule has 0 aromatic heterocycles. The van der Waals surface area contributed by atoms with Crippen molar-refractivity contribution in [3.05, 3.63) is 0 Å². The summed E-state index contributed by atoms with van der Waals surface area (Å²) in [4.78, 5) is 14.1. The topological polar surface area (TPSA) is 20.3 Å². The van der Waals surface area contributed by atoms with Crippen LogP contribution in [0.1, 0.15) is 58.3 Å². The Labute approximate surface area is 142 Å². The van der Waals surface area contributed by atoms with Crippen molar-refractivity contribution in [2.45, 2.75) is 58.3 Å². The van der Waals surface area contributed by atoms with Crippen LogP contribution >= 0.6 is 0 Å². The van der Waals surface area contributed by atoms with Gasteiger partial charge < -0.3 is 33.4 Å². The number of carbonyl (C=O) groups excluding carboxylic acids is 1. The molecule has 0 N–H and O–H groups in total. The van der Waals surface area contributed by atoms with Crippen LogP contribution in [-0.4, -0.2) is 55.6 Å². The Kier molecular flexibility index (Phi) is 10.9. The third-order valence-electron chi connectivity index (χ3n) is 4.30. The van der Waals surface area contributed by atoms with E-state index in [0.717, 1.165) is 43.5 Å². The van der Waals surface area contributed by atoms with E-state index >= 15 is 0 Å². The van der Waals surface area contributed by atoms with Gasteiger partial charge in [0.05, 0.1) is 40.3 Å². The number of hydrogen-bond donors (Lipinski definition) is 0. The average molecular weight is 396 g/mol. The molecule has 0 spiro atoms. The molecule has 1 heterocycles. The number of hydrogen-bond acceptors (Lipinski definition) is 1. The van der Waals surface area contributed by atoms with Gasteiger partial charge in [0.25, 0.3) is 0 Å². The monoisotopic (exact) mass is 396 g/mol. The highest BCUT2D eigenvalue weighted by molar-refractivity contribution is 5.76. The lowest BCUT2D eigenvalue weighted by molar-refractivity contribution is -0.894. The Morgan fingerprint density at radius 1 is 0.950 bits per heavy atom. The lowest BCUT2D eigenvalue weighted by Gasteiger charge is -2.39. The van der Waals surface area contributed by atoms with Crippen molar-refractivity contribution in [2.75, 3.05) is 40.3 Å². The molecule has 1 aliphatic rings. The Balaban J connectivity index is 0.00000361. The maximum atomic E-state index is 12.1. The molecule has 1 amide bonds. The van der Waals surface area contributed by atoms with Crippen LogP contribution < -0.4 is 24.0 Å². The van der Waals surface area contributed by atoms with E-state index in [0.29, 0.717) is 5.91 Å². The van der Waals surface area contributed by atoms with E-state index in [2.05, 4.69) is 25.9 Å². The SMILES string of the molecule is CCCCCCCCCC(=O)N1CC[N+](C)(C)CC1.[I-]. The first kappa shape index (κ1) is 20.2. The summed E-state index contributed by atoms with van der Waals surface area (Å²) in [5.41, 5.74) is 0. The number of halogens is 1. The van der Waals surface area contributed by atoms with Gasteiger partial charge in [0, 0.05) is 6.42 Å². The highest BCUT2D eigenvalue weighted by Gasteiger charge is 2.26. The molecule has 1 saturated heterocycles. The summed E-state index contributed by atoms with van der Waals surface area (Å²) >= 11 is 0. The van der Waals surface area contributed by atoms with Crippen molar-refractivity contribution in [3.63, 3.8) is 0 Å². The number of nitrogens with zero attached hydrogens (tertiary/aromatic N) is 2. The van der Waals surface area contributed by atoms with Crippen LogP contribution in [0.3, 0.4) is 0 Å². The molecule has 120 valence electrons. The Morgan fingerprint density at radius 3 is 2.00 bits per heavy atom. The second-order valence-electron chi connectivity index (χ2n) is 6.64. The Bertz CT molecular complexity index is 259. The summed E-state index contributed by atoms with van der Waals surface area (Å²) in [7, 11) is 4.50. The van der Waals surface area contributed by atoms with Gasteiger partial charge in [0.2, 0.25) is 5.91 Å². The zero-order valence-electron chi connectivity index (χ0n) is 13.7. The lowest BCUT2D eigenvalue weighted by Crippen LogP contribution is -3.00. The van der Waals surface area contributed by atoms with E-state index in [1.807, 2.05) is 0 Å². The van der Waals surface area contributed by atoms with Gasteiger partial charge in [0.1, 0.15) is 0 Å². The van der Waals surface area contributed by atoms with Crippen molar-refractivity contribution < 1.29 is 33.3 Å². The number of unbranched alkanes of at least 4 members (excludes halogenated alkanes) is 6. The fourth-order valence-corrected chi connectivity index (χ4v) is 2.65. The Hall–Kier alpha value is 0.160. The van der Waals surface area contributed by atoms with Gasteiger partial charge in [-0.15, -0.1) is 0 Å². The minimum atomic E-state index is 0. The van der Waals surface area contributed by atoms with Gasteiger partial charge in [-0.2, -0.15) is 0 Å². The zero-order valence-corrected chi connectivity index (χ0v) is 15.8. The minimum Gasteiger partial charge on any atom is -1.00 e. The molecule has 0 bridgehead atoms. The summed E-state index contributed by atoms with van der Waals surface area (Å²) in [6.07, 6.45) is 9.76. The first-order chi connectivity index (χ1) is 9.05. The molecule has 0 aromatic rings. The van der Waals surface area contributed by atoms with Crippen LogP contribution in [0.25, 0.3) is 0 Å². The molecule has 0 aliphatic carbocycles. The quantitative estimate of drug-likeness (QED) is 0.323. The molecular weight excluding hydrogens is 363 g/mol. The van der Waals surface area contributed by atoms with Crippen LogP contribution in [-0.2, 0) is 4.79 Å². The van der Waals surface area contributed by atoms with Crippen LogP contribution in [0, 0.1) is 0 Å². The van der Waals surface area contributed by atoms with Gasteiger partial charge in [-0.25, -0.2) is 0 Å². The van der Waals surface area contributed by atoms with Crippen molar-refractivity contribution >= 4 is 5.91 Å².